The summed E-state index contributed by atoms with van der Waals surface area (Å²) in [7, 11) is 1.58. The van der Waals surface area contributed by atoms with Crippen LogP contribution in [0.5, 0.6) is 5.75 Å². The molecule has 3 N–H and O–H groups in total. The molecule has 1 atom stereocenters. The van der Waals surface area contributed by atoms with Crippen molar-refractivity contribution in [3.63, 3.8) is 0 Å². The van der Waals surface area contributed by atoms with Crippen LogP contribution >= 0.6 is 23.4 Å². The summed E-state index contributed by atoms with van der Waals surface area (Å²) < 4.78 is 11.5. The van der Waals surface area contributed by atoms with Crippen molar-refractivity contribution in [1.82, 2.24) is 5.32 Å². The van der Waals surface area contributed by atoms with E-state index in [2.05, 4.69) is 16.0 Å². The molecule has 238 valence electrons. The van der Waals surface area contributed by atoms with Gasteiger partial charge in [-0.15, -0.1) is 11.8 Å². The van der Waals surface area contributed by atoms with Gasteiger partial charge in [-0.1, -0.05) is 48.0 Å². The first-order chi connectivity index (χ1) is 22.7. The molecule has 1 aromatic heterocycles. The van der Waals surface area contributed by atoms with Gasteiger partial charge in [-0.3, -0.25) is 14.4 Å². The normalized spacial score (nSPS) is 11.8. The van der Waals surface area contributed by atoms with E-state index in [1.54, 1.807) is 73.8 Å². The fourth-order valence-electron chi connectivity index (χ4n) is 4.54. The van der Waals surface area contributed by atoms with Crippen molar-refractivity contribution in [2.45, 2.75) is 24.0 Å². The highest BCUT2D eigenvalue weighted by atomic mass is 35.5. The number of furan rings is 1. The number of amides is 3. The molecule has 0 bridgehead atoms. The minimum Gasteiger partial charge on any atom is -0.496 e. The standard InChI is InChI=1S/C37H32ClN3O5S/c1-23-13-14-26(38)21-31(23)40-35(42)24(2)47-29-18-15-27(16-19-29)39-37(44)32(41-36(43)25-9-5-4-6-10-25)22-28-17-20-34(46-28)30-11-7-8-12-33(30)45-3/h4-22,24H,1-3H3,(H,39,44)(H,40,42)(H,41,43)/b32-22+/t24-/m0/s1. The van der Waals surface area contributed by atoms with Crippen molar-refractivity contribution in [3.8, 4) is 17.1 Å². The number of rotatable bonds is 11. The second kappa shape index (κ2) is 15.4. The fourth-order valence-corrected chi connectivity index (χ4v) is 5.58. The minimum absolute atomic E-state index is 0.0140. The van der Waals surface area contributed by atoms with Crippen LogP contribution in [0, 0.1) is 6.92 Å². The lowest BCUT2D eigenvalue weighted by Gasteiger charge is -2.14. The quantitative estimate of drug-likeness (QED) is 0.0965. The van der Waals surface area contributed by atoms with Gasteiger partial charge in [0.25, 0.3) is 11.8 Å². The Morgan fingerprint density at radius 2 is 1.60 bits per heavy atom. The van der Waals surface area contributed by atoms with Crippen LogP contribution in [0.25, 0.3) is 17.4 Å². The van der Waals surface area contributed by atoms with Gasteiger partial charge < -0.3 is 25.1 Å². The van der Waals surface area contributed by atoms with E-state index in [4.69, 9.17) is 20.8 Å². The summed E-state index contributed by atoms with van der Waals surface area (Å²) in [5.74, 6) is 0.386. The lowest BCUT2D eigenvalue weighted by Crippen LogP contribution is -2.30. The first-order valence-electron chi connectivity index (χ1n) is 14.7. The molecule has 0 unspecified atom stereocenters. The third kappa shape index (κ3) is 8.72. The van der Waals surface area contributed by atoms with Gasteiger partial charge in [-0.2, -0.15) is 0 Å². The average molecular weight is 666 g/mol. The highest BCUT2D eigenvalue weighted by Crippen LogP contribution is 2.32. The zero-order valence-electron chi connectivity index (χ0n) is 25.9. The number of halogens is 1. The van der Waals surface area contributed by atoms with Gasteiger partial charge in [0, 0.05) is 32.9 Å². The lowest BCUT2D eigenvalue weighted by atomic mass is 10.1. The number of para-hydroxylation sites is 1. The zero-order valence-corrected chi connectivity index (χ0v) is 27.4. The molecular formula is C37H32ClN3O5S. The number of methoxy groups -OCH3 is 1. The second-order valence-electron chi connectivity index (χ2n) is 10.5. The molecule has 0 saturated heterocycles. The maximum absolute atomic E-state index is 13.5. The molecule has 0 aliphatic heterocycles. The number of benzene rings is 4. The van der Waals surface area contributed by atoms with Crippen LogP contribution in [-0.4, -0.2) is 30.1 Å². The van der Waals surface area contributed by atoms with E-state index >= 15 is 0 Å². The number of anilines is 2. The van der Waals surface area contributed by atoms with Gasteiger partial charge in [0.15, 0.2) is 0 Å². The molecule has 0 aliphatic rings. The number of aryl methyl sites for hydroxylation is 1. The first kappa shape index (κ1) is 33.1. The number of hydrogen-bond donors (Lipinski definition) is 3. The van der Waals surface area contributed by atoms with E-state index in [0.717, 1.165) is 16.0 Å². The van der Waals surface area contributed by atoms with Gasteiger partial charge in [0.2, 0.25) is 5.91 Å². The van der Waals surface area contributed by atoms with Crippen molar-refractivity contribution >= 4 is 58.5 Å². The van der Waals surface area contributed by atoms with Crippen LogP contribution in [0.1, 0.15) is 28.6 Å². The van der Waals surface area contributed by atoms with Gasteiger partial charge in [0.1, 0.15) is 23.0 Å². The molecule has 47 heavy (non-hydrogen) atoms. The Balaban J connectivity index is 1.30. The molecule has 4 aromatic carbocycles. The maximum Gasteiger partial charge on any atom is 0.272 e. The Bertz CT molecular complexity index is 1920. The molecule has 1 heterocycles. The molecule has 0 aliphatic carbocycles. The smallest absolute Gasteiger partial charge is 0.272 e. The average Bonchev–Trinajstić information content (AvgIpc) is 3.55. The molecule has 5 aromatic rings. The predicted molar refractivity (Wildman–Crippen MR) is 188 cm³/mol. The summed E-state index contributed by atoms with van der Waals surface area (Å²) in [4.78, 5) is 40.2. The summed E-state index contributed by atoms with van der Waals surface area (Å²) in [5.41, 5.74) is 3.21. The van der Waals surface area contributed by atoms with E-state index in [1.165, 1.54) is 17.8 Å². The summed E-state index contributed by atoms with van der Waals surface area (Å²) in [6.45, 7) is 3.72. The molecule has 0 fully saturated rings. The van der Waals surface area contributed by atoms with Crippen molar-refractivity contribution < 1.29 is 23.5 Å². The molecule has 8 nitrogen and oxygen atoms in total. The van der Waals surface area contributed by atoms with Gasteiger partial charge in [-0.25, -0.2) is 0 Å². The Labute approximate surface area is 282 Å². The second-order valence-corrected chi connectivity index (χ2v) is 12.3. The van der Waals surface area contributed by atoms with Gasteiger partial charge in [-0.05, 0) is 92.2 Å². The molecule has 0 spiro atoms. The van der Waals surface area contributed by atoms with Crippen molar-refractivity contribution in [1.29, 1.82) is 0 Å². The molecule has 0 saturated carbocycles. The number of hydrogen-bond acceptors (Lipinski definition) is 6. The van der Waals surface area contributed by atoms with Crippen molar-refractivity contribution in [3.05, 3.63) is 137 Å². The zero-order chi connectivity index (χ0) is 33.3. The maximum atomic E-state index is 13.5. The highest BCUT2D eigenvalue weighted by molar-refractivity contribution is 8.00. The van der Waals surface area contributed by atoms with Gasteiger partial charge >= 0.3 is 0 Å². The van der Waals surface area contributed by atoms with Crippen LogP contribution in [0.2, 0.25) is 5.02 Å². The fraction of sp³-hybridized carbons (Fsp3) is 0.108. The van der Waals surface area contributed by atoms with E-state index < -0.39 is 17.1 Å². The largest absolute Gasteiger partial charge is 0.496 e. The van der Waals surface area contributed by atoms with Crippen LogP contribution in [0.15, 0.2) is 124 Å². The van der Waals surface area contributed by atoms with E-state index in [0.29, 0.717) is 39.2 Å². The lowest BCUT2D eigenvalue weighted by molar-refractivity contribution is -0.115. The Hall–Kier alpha value is -5.25. The highest BCUT2D eigenvalue weighted by Gasteiger charge is 2.18. The minimum atomic E-state index is -0.547. The van der Waals surface area contributed by atoms with Gasteiger partial charge in [0.05, 0.1) is 17.9 Å². The van der Waals surface area contributed by atoms with Crippen molar-refractivity contribution in [2.24, 2.45) is 0 Å². The third-order valence-electron chi connectivity index (χ3n) is 7.07. The first-order valence-corrected chi connectivity index (χ1v) is 15.9. The number of carbonyl (C=O) groups is 3. The van der Waals surface area contributed by atoms with E-state index in [-0.39, 0.29) is 11.6 Å². The van der Waals surface area contributed by atoms with Crippen LogP contribution in [-0.2, 0) is 9.59 Å². The van der Waals surface area contributed by atoms with Crippen LogP contribution in [0.3, 0.4) is 0 Å². The van der Waals surface area contributed by atoms with E-state index in [9.17, 15) is 14.4 Å². The van der Waals surface area contributed by atoms with Crippen LogP contribution in [0.4, 0.5) is 11.4 Å². The number of ether oxygens (including phenoxy) is 1. The Morgan fingerprint density at radius 1 is 0.872 bits per heavy atom. The molecule has 5 rings (SSSR count). The predicted octanol–water partition coefficient (Wildman–Crippen LogP) is 8.45. The number of thioether (sulfide) groups is 1. The van der Waals surface area contributed by atoms with Crippen LogP contribution < -0.4 is 20.7 Å². The Morgan fingerprint density at radius 3 is 2.34 bits per heavy atom. The molecular weight excluding hydrogens is 634 g/mol. The number of nitrogens with one attached hydrogen (secondary N) is 3. The SMILES string of the molecule is COc1ccccc1-c1ccc(/C=C(/NC(=O)c2ccccc2)C(=O)Nc2ccc(S[C@@H](C)C(=O)Nc3cc(Cl)ccc3C)cc2)o1. The molecule has 10 heteroatoms. The monoisotopic (exact) mass is 665 g/mol. The Kier molecular flexibility index (Phi) is 10.8. The van der Waals surface area contributed by atoms with Crippen molar-refractivity contribution in [2.75, 3.05) is 17.7 Å². The summed E-state index contributed by atoms with van der Waals surface area (Å²) in [6.07, 6.45) is 1.47. The molecule has 0 radical (unpaired) electrons. The molecule has 3 amide bonds. The third-order valence-corrected chi connectivity index (χ3v) is 8.41. The number of carbonyl (C=O) groups excluding carboxylic acids is 3. The topological polar surface area (TPSA) is 110 Å². The summed E-state index contributed by atoms with van der Waals surface area (Å²) in [6, 6.07) is 31.9. The van der Waals surface area contributed by atoms with E-state index in [1.807, 2.05) is 56.3 Å². The summed E-state index contributed by atoms with van der Waals surface area (Å²) in [5, 5.41) is 8.63. The summed E-state index contributed by atoms with van der Waals surface area (Å²) >= 11 is 7.47.